The fourth-order valence-electron chi connectivity index (χ4n) is 2.17. The molecule has 1 aromatic carbocycles. The number of sulfone groups is 1. The Hall–Kier alpha value is -2.48. The molecule has 7 nitrogen and oxygen atoms in total. The first-order valence-electron chi connectivity index (χ1n) is 7.21. The standard InChI is InChI=1S/C14H10ClF6N3O4S/c1-24-11(29(2,26)27)9(15)10(23-24)28-6-3-4-7(13(16,17)18)8(5-6)22-12(25)14(19,20)21/h3-5H,1-2H3,(H,22,25). The average molecular weight is 466 g/mol. The van der Waals surface area contributed by atoms with Crippen LogP contribution < -0.4 is 10.1 Å². The van der Waals surface area contributed by atoms with E-state index in [1.54, 1.807) is 0 Å². The largest absolute Gasteiger partial charge is 0.471 e. The maximum atomic E-state index is 13.0. The topological polar surface area (TPSA) is 90.3 Å². The molecule has 0 aliphatic rings. The number of hydrogen-bond donors (Lipinski definition) is 1. The van der Waals surface area contributed by atoms with Crippen LogP contribution in [0, 0.1) is 0 Å². The zero-order valence-electron chi connectivity index (χ0n) is 14.3. The second-order valence-corrected chi connectivity index (χ2v) is 7.89. The SMILES string of the molecule is Cn1nc(Oc2ccc(C(F)(F)F)c(NC(=O)C(F)(F)F)c2)c(Cl)c1S(C)(=O)=O. The first-order valence-corrected chi connectivity index (χ1v) is 9.48. The Morgan fingerprint density at radius 1 is 1.21 bits per heavy atom. The number of benzene rings is 1. The van der Waals surface area contributed by atoms with Crippen LogP contribution in [0.3, 0.4) is 0 Å². The number of amides is 1. The Morgan fingerprint density at radius 2 is 1.79 bits per heavy atom. The predicted molar refractivity (Wildman–Crippen MR) is 87.5 cm³/mol. The number of nitrogens with zero attached hydrogens (tertiary/aromatic N) is 2. The number of halogens is 7. The monoisotopic (exact) mass is 465 g/mol. The third-order valence-electron chi connectivity index (χ3n) is 3.28. The van der Waals surface area contributed by atoms with Crippen molar-refractivity contribution < 1.29 is 44.3 Å². The van der Waals surface area contributed by atoms with Gasteiger partial charge in [0, 0.05) is 19.4 Å². The Balaban J connectivity index is 2.49. The minimum atomic E-state index is -5.44. The van der Waals surface area contributed by atoms with E-state index in [2.05, 4.69) is 5.10 Å². The van der Waals surface area contributed by atoms with Gasteiger partial charge in [-0.2, -0.15) is 26.3 Å². The van der Waals surface area contributed by atoms with Crippen molar-refractivity contribution in [2.75, 3.05) is 11.6 Å². The summed E-state index contributed by atoms with van der Waals surface area (Å²) in [6.45, 7) is 0. The van der Waals surface area contributed by atoms with Gasteiger partial charge in [0.2, 0.25) is 0 Å². The normalized spacial score (nSPS) is 12.7. The van der Waals surface area contributed by atoms with Gasteiger partial charge in [-0.25, -0.2) is 8.42 Å². The highest BCUT2D eigenvalue weighted by atomic mass is 35.5. The van der Waals surface area contributed by atoms with E-state index in [9.17, 15) is 39.6 Å². The summed E-state index contributed by atoms with van der Waals surface area (Å²) < 4.78 is 106. The summed E-state index contributed by atoms with van der Waals surface area (Å²) in [6.07, 6.45) is -9.70. The highest BCUT2D eigenvalue weighted by molar-refractivity contribution is 7.90. The molecule has 2 aromatic rings. The minimum Gasteiger partial charge on any atom is -0.436 e. The lowest BCUT2D eigenvalue weighted by atomic mass is 10.1. The molecule has 0 aliphatic carbocycles. The van der Waals surface area contributed by atoms with E-state index in [1.807, 2.05) is 0 Å². The van der Waals surface area contributed by atoms with Gasteiger partial charge in [-0.05, 0) is 12.1 Å². The van der Waals surface area contributed by atoms with Gasteiger partial charge >= 0.3 is 18.3 Å². The number of alkyl halides is 6. The maximum Gasteiger partial charge on any atom is 0.471 e. The van der Waals surface area contributed by atoms with Gasteiger partial charge in [0.15, 0.2) is 14.9 Å². The van der Waals surface area contributed by atoms with Crippen molar-refractivity contribution in [2.45, 2.75) is 17.4 Å². The van der Waals surface area contributed by atoms with Crippen LogP contribution in [0.1, 0.15) is 5.56 Å². The molecule has 2 rings (SSSR count). The lowest BCUT2D eigenvalue weighted by molar-refractivity contribution is -0.167. The predicted octanol–water partition coefficient (Wildman–Crippen LogP) is 3.79. The Morgan fingerprint density at radius 3 is 2.24 bits per heavy atom. The van der Waals surface area contributed by atoms with Crippen molar-refractivity contribution in [2.24, 2.45) is 7.05 Å². The zero-order valence-corrected chi connectivity index (χ0v) is 15.9. The molecule has 0 aliphatic heterocycles. The van der Waals surface area contributed by atoms with E-state index in [1.165, 1.54) is 7.05 Å². The molecule has 1 aromatic heterocycles. The van der Waals surface area contributed by atoms with Crippen LogP contribution in [0.15, 0.2) is 23.2 Å². The Bertz CT molecular complexity index is 1060. The average Bonchev–Trinajstić information content (AvgIpc) is 2.79. The fraction of sp³-hybridized carbons (Fsp3) is 0.286. The molecule has 0 spiro atoms. The van der Waals surface area contributed by atoms with Gasteiger partial charge in [-0.1, -0.05) is 11.6 Å². The van der Waals surface area contributed by atoms with E-state index >= 15 is 0 Å². The van der Waals surface area contributed by atoms with E-state index in [4.69, 9.17) is 16.3 Å². The van der Waals surface area contributed by atoms with Crippen LogP contribution >= 0.6 is 11.6 Å². The van der Waals surface area contributed by atoms with Crippen LogP contribution in [-0.4, -0.2) is 36.5 Å². The first kappa shape index (κ1) is 22.8. The minimum absolute atomic E-state index is 0.371. The number of ether oxygens (including phenoxy) is 1. The summed E-state index contributed by atoms with van der Waals surface area (Å²) >= 11 is 5.87. The number of carbonyl (C=O) groups excluding carboxylic acids is 1. The number of anilines is 1. The molecule has 1 amide bonds. The van der Waals surface area contributed by atoms with Crippen molar-refractivity contribution in [3.8, 4) is 11.6 Å². The third-order valence-corrected chi connectivity index (χ3v) is 4.90. The summed E-state index contributed by atoms with van der Waals surface area (Å²) in [6, 6.07) is 1.57. The van der Waals surface area contributed by atoms with E-state index in [-0.39, 0.29) is 0 Å². The van der Waals surface area contributed by atoms with E-state index < -0.39 is 61.0 Å². The summed E-state index contributed by atoms with van der Waals surface area (Å²) in [5.74, 6) is -3.65. The maximum absolute atomic E-state index is 13.0. The smallest absolute Gasteiger partial charge is 0.436 e. The summed E-state index contributed by atoms with van der Waals surface area (Å²) in [7, 11) is -2.64. The first-order chi connectivity index (χ1) is 13.0. The van der Waals surface area contributed by atoms with Crippen molar-refractivity contribution in [1.29, 1.82) is 0 Å². The summed E-state index contributed by atoms with van der Waals surface area (Å²) in [5, 5.41) is 3.84. The molecule has 0 unspecified atom stereocenters. The highest BCUT2D eigenvalue weighted by Gasteiger charge is 2.41. The second-order valence-electron chi connectivity index (χ2n) is 5.58. The zero-order chi connectivity index (χ0) is 22.4. The van der Waals surface area contributed by atoms with Crippen LogP contribution in [0.4, 0.5) is 32.0 Å². The van der Waals surface area contributed by atoms with Crippen LogP contribution in [0.2, 0.25) is 5.02 Å². The van der Waals surface area contributed by atoms with Gasteiger partial charge in [0.1, 0.15) is 10.8 Å². The number of aromatic nitrogens is 2. The van der Waals surface area contributed by atoms with Gasteiger partial charge in [0.05, 0.1) is 11.3 Å². The van der Waals surface area contributed by atoms with Crippen molar-refractivity contribution in [3.63, 3.8) is 0 Å². The Kier molecular flexibility index (Phi) is 5.82. The van der Waals surface area contributed by atoms with E-state index in [0.29, 0.717) is 12.1 Å². The quantitative estimate of drug-likeness (QED) is 0.694. The van der Waals surface area contributed by atoms with E-state index in [0.717, 1.165) is 22.3 Å². The Labute approximate surface area is 164 Å². The molecule has 0 saturated heterocycles. The van der Waals surface area contributed by atoms with Gasteiger partial charge in [-0.3, -0.25) is 9.48 Å². The van der Waals surface area contributed by atoms with Crippen molar-refractivity contribution in [3.05, 3.63) is 28.8 Å². The third kappa shape index (κ3) is 5.12. The molecule has 0 atom stereocenters. The molecule has 1 N–H and O–H groups in total. The molecule has 15 heteroatoms. The highest BCUT2D eigenvalue weighted by Crippen LogP contribution is 2.39. The number of nitrogens with one attached hydrogen (secondary N) is 1. The van der Waals surface area contributed by atoms with Crippen LogP contribution in [-0.2, 0) is 27.9 Å². The molecule has 0 radical (unpaired) electrons. The second kappa shape index (κ2) is 7.40. The van der Waals surface area contributed by atoms with Crippen molar-refractivity contribution >= 4 is 33.0 Å². The molecule has 1 heterocycles. The van der Waals surface area contributed by atoms with Crippen LogP contribution in [0.5, 0.6) is 11.6 Å². The lowest BCUT2D eigenvalue weighted by Gasteiger charge is -2.16. The van der Waals surface area contributed by atoms with Crippen molar-refractivity contribution in [1.82, 2.24) is 9.78 Å². The van der Waals surface area contributed by atoms with Gasteiger partial charge in [-0.15, -0.1) is 5.10 Å². The molecule has 29 heavy (non-hydrogen) atoms. The lowest BCUT2D eigenvalue weighted by Crippen LogP contribution is -2.30. The number of hydrogen-bond acceptors (Lipinski definition) is 5. The number of carbonyl (C=O) groups is 1. The molecular weight excluding hydrogens is 456 g/mol. The molecule has 0 fully saturated rings. The molecule has 0 saturated carbocycles. The fourth-order valence-corrected chi connectivity index (χ4v) is 3.72. The van der Waals surface area contributed by atoms with Gasteiger partial charge < -0.3 is 10.1 Å². The van der Waals surface area contributed by atoms with Crippen LogP contribution in [0.25, 0.3) is 0 Å². The molecular formula is C14H10ClF6N3O4S. The summed E-state index contributed by atoms with van der Waals surface area (Å²) in [5.41, 5.74) is -2.79. The summed E-state index contributed by atoms with van der Waals surface area (Å²) in [4.78, 5) is 11.0. The number of aryl methyl sites for hydroxylation is 1. The van der Waals surface area contributed by atoms with Gasteiger partial charge in [0.25, 0.3) is 5.88 Å². The molecule has 0 bridgehead atoms. The number of rotatable bonds is 4. The molecule has 160 valence electrons.